The first-order valence-corrected chi connectivity index (χ1v) is 9.03. The van der Waals surface area contributed by atoms with E-state index in [1.807, 2.05) is 18.2 Å². The summed E-state index contributed by atoms with van der Waals surface area (Å²) in [5.41, 5.74) is 0.803. The third-order valence-corrected chi connectivity index (χ3v) is 4.78. The minimum absolute atomic E-state index is 0.0588. The van der Waals surface area contributed by atoms with E-state index in [2.05, 4.69) is 10.1 Å². The Kier molecular flexibility index (Phi) is 9.00. The normalized spacial score (nSPS) is 11.3. The number of carboxylic acids is 1. The molecule has 0 aliphatic carbocycles. The van der Waals surface area contributed by atoms with E-state index in [1.165, 1.54) is 7.11 Å². The van der Waals surface area contributed by atoms with Crippen LogP contribution in [0.25, 0.3) is 0 Å². The number of carbonyl (C=O) groups is 3. The van der Waals surface area contributed by atoms with E-state index >= 15 is 0 Å². The maximum atomic E-state index is 11.6. The van der Waals surface area contributed by atoms with Crippen molar-refractivity contribution in [1.29, 1.82) is 0 Å². The molecule has 23 heavy (non-hydrogen) atoms. The Hall–Kier alpha value is -1.87. The van der Waals surface area contributed by atoms with Gasteiger partial charge in [-0.05, 0) is 5.56 Å². The third kappa shape index (κ3) is 8.36. The van der Waals surface area contributed by atoms with Crippen molar-refractivity contribution in [3.8, 4) is 0 Å². The number of aliphatic carboxylic acids is 1. The standard InChI is InChI=1S/C14H17NO6S2/c1-20-12(16)9-23-22-8-11(13(17)18)15-14(19)21-7-10-5-3-2-4-6-10/h2-6,11H,7-9H2,1H3,(H,15,19)(H,17,18)/t11-/m1/s1. The summed E-state index contributed by atoms with van der Waals surface area (Å²) in [6.45, 7) is 0.0588. The molecule has 1 aromatic carbocycles. The van der Waals surface area contributed by atoms with E-state index in [0.717, 1.165) is 27.2 Å². The number of nitrogens with one attached hydrogen (secondary N) is 1. The zero-order valence-electron chi connectivity index (χ0n) is 12.4. The first-order chi connectivity index (χ1) is 11.0. The monoisotopic (exact) mass is 359 g/mol. The molecule has 0 spiro atoms. The van der Waals surface area contributed by atoms with Crippen LogP contribution in [0.2, 0.25) is 0 Å². The van der Waals surface area contributed by atoms with Crippen LogP contribution in [0.1, 0.15) is 5.56 Å². The number of esters is 1. The second-order valence-electron chi connectivity index (χ2n) is 4.22. The molecule has 9 heteroatoms. The fourth-order valence-corrected chi connectivity index (χ4v) is 3.34. The largest absolute Gasteiger partial charge is 0.480 e. The number of carboxylic acid groups (broad SMARTS) is 1. The minimum Gasteiger partial charge on any atom is -0.480 e. The Morgan fingerprint density at radius 1 is 1.22 bits per heavy atom. The lowest BCUT2D eigenvalue weighted by Crippen LogP contribution is -2.42. The lowest BCUT2D eigenvalue weighted by atomic mass is 10.2. The van der Waals surface area contributed by atoms with Gasteiger partial charge < -0.3 is 19.9 Å². The number of hydrogen-bond donors (Lipinski definition) is 2. The van der Waals surface area contributed by atoms with Crippen molar-refractivity contribution in [3.63, 3.8) is 0 Å². The van der Waals surface area contributed by atoms with Crippen molar-refractivity contribution in [2.24, 2.45) is 0 Å². The smallest absolute Gasteiger partial charge is 0.408 e. The quantitative estimate of drug-likeness (QED) is 0.392. The number of amides is 1. The molecule has 1 atom stereocenters. The van der Waals surface area contributed by atoms with Gasteiger partial charge in [0.2, 0.25) is 0 Å². The third-order valence-electron chi connectivity index (χ3n) is 2.53. The predicted molar refractivity (Wildman–Crippen MR) is 88.1 cm³/mol. The van der Waals surface area contributed by atoms with E-state index in [4.69, 9.17) is 9.84 Å². The van der Waals surface area contributed by atoms with E-state index < -0.39 is 24.1 Å². The number of ether oxygens (including phenoxy) is 2. The topological polar surface area (TPSA) is 102 Å². The first kappa shape index (κ1) is 19.2. The summed E-state index contributed by atoms with van der Waals surface area (Å²) in [5.74, 6) is -1.37. The molecular formula is C14H17NO6S2. The van der Waals surface area contributed by atoms with Crippen molar-refractivity contribution in [2.75, 3.05) is 18.6 Å². The fraction of sp³-hybridized carbons (Fsp3) is 0.357. The molecule has 0 heterocycles. The van der Waals surface area contributed by atoms with Gasteiger partial charge in [-0.2, -0.15) is 0 Å². The Morgan fingerprint density at radius 2 is 1.91 bits per heavy atom. The van der Waals surface area contributed by atoms with Crippen LogP contribution in [0.5, 0.6) is 0 Å². The molecule has 2 N–H and O–H groups in total. The molecule has 1 amide bonds. The highest BCUT2D eigenvalue weighted by Gasteiger charge is 2.21. The van der Waals surface area contributed by atoms with Crippen LogP contribution in [0.15, 0.2) is 30.3 Å². The summed E-state index contributed by atoms with van der Waals surface area (Å²) < 4.78 is 9.43. The van der Waals surface area contributed by atoms with Gasteiger partial charge in [0.25, 0.3) is 0 Å². The Bertz CT molecular complexity index is 525. The highest BCUT2D eigenvalue weighted by atomic mass is 33.1. The number of carbonyl (C=O) groups excluding carboxylic acids is 2. The SMILES string of the molecule is COC(=O)CSSC[C@@H](NC(=O)OCc1ccccc1)C(=O)O. The molecule has 0 radical (unpaired) electrons. The molecule has 0 fully saturated rings. The van der Waals surface area contributed by atoms with Crippen LogP contribution in [-0.2, 0) is 25.7 Å². The van der Waals surface area contributed by atoms with Crippen molar-refractivity contribution in [3.05, 3.63) is 35.9 Å². The highest BCUT2D eigenvalue weighted by Crippen LogP contribution is 2.22. The summed E-state index contributed by atoms with van der Waals surface area (Å²) in [7, 11) is 3.59. The summed E-state index contributed by atoms with van der Waals surface area (Å²) >= 11 is 0. The van der Waals surface area contributed by atoms with Gasteiger partial charge in [0, 0.05) is 5.75 Å². The molecule has 0 aliphatic heterocycles. The highest BCUT2D eigenvalue weighted by molar-refractivity contribution is 8.76. The second kappa shape index (κ2) is 10.8. The zero-order valence-corrected chi connectivity index (χ0v) is 14.0. The number of rotatable bonds is 9. The van der Waals surface area contributed by atoms with Gasteiger partial charge >= 0.3 is 18.0 Å². The van der Waals surface area contributed by atoms with Gasteiger partial charge in [-0.3, -0.25) is 4.79 Å². The molecular weight excluding hydrogens is 342 g/mol. The van der Waals surface area contributed by atoms with Gasteiger partial charge in [0.05, 0.1) is 7.11 Å². The summed E-state index contributed by atoms with van der Waals surface area (Å²) in [5, 5.41) is 11.4. The Morgan fingerprint density at radius 3 is 2.52 bits per heavy atom. The number of alkyl carbamates (subject to hydrolysis) is 1. The summed E-state index contributed by atoms with van der Waals surface area (Å²) in [6.07, 6.45) is -0.806. The van der Waals surface area contributed by atoms with Gasteiger partial charge in [0.1, 0.15) is 18.4 Å². The van der Waals surface area contributed by atoms with Gasteiger partial charge in [-0.15, -0.1) is 0 Å². The fourth-order valence-electron chi connectivity index (χ4n) is 1.35. The number of benzene rings is 1. The van der Waals surface area contributed by atoms with Crippen LogP contribution in [0.3, 0.4) is 0 Å². The van der Waals surface area contributed by atoms with Crippen LogP contribution >= 0.6 is 21.6 Å². The van der Waals surface area contributed by atoms with Crippen LogP contribution in [0.4, 0.5) is 4.79 Å². The van der Waals surface area contributed by atoms with Crippen molar-refractivity contribution < 1.29 is 29.0 Å². The van der Waals surface area contributed by atoms with Gasteiger partial charge in [0.15, 0.2) is 0 Å². The first-order valence-electron chi connectivity index (χ1n) is 6.54. The maximum Gasteiger partial charge on any atom is 0.408 e. The molecule has 0 bridgehead atoms. The van der Waals surface area contributed by atoms with Crippen LogP contribution in [0, 0.1) is 0 Å². The Labute approximate surface area is 141 Å². The molecule has 0 saturated carbocycles. The van der Waals surface area contributed by atoms with Gasteiger partial charge in [-0.1, -0.05) is 51.9 Å². The Balaban J connectivity index is 2.32. The molecule has 1 aromatic rings. The molecule has 7 nitrogen and oxygen atoms in total. The van der Waals surface area contributed by atoms with Crippen molar-refractivity contribution >= 4 is 39.6 Å². The lowest BCUT2D eigenvalue weighted by Gasteiger charge is -2.14. The van der Waals surface area contributed by atoms with Gasteiger partial charge in [-0.25, -0.2) is 9.59 Å². The van der Waals surface area contributed by atoms with E-state index in [1.54, 1.807) is 12.1 Å². The minimum atomic E-state index is -1.17. The van der Waals surface area contributed by atoms with E-state index in [9.17, 15) is 14.4 Å². The lowest BCUT2D eigenvalue weighted by molar-refractivity contribution is -0.139. The molecule has 0 aliphatic rings. The van der Waals surface area contributed by atoms with E-state index in [0.29, 0.717) is 0 Å². The summed E-state index contributed by atoms with van der Waals surface area (Å²) in [4.78, 5) is 33.7. The van der Waals surface area contributed by atoms with Crippen molar-refractivity contribution in [2.45, 2.75) is 12.6 Å². The molecule has 0 unspecified atom stereocenters. The number of hydrogen-bond acceptors (Lipinski definition) is 7. The average Bonchev–Trinajstić information content (AvgIpc) is 2.56. The van der Waals surface area contributed by atoms with Crippen LogP contribution in [-0.4, -0.2) is 47.8 Å². The molecule has 0 saturated heterocycles. The van der Waals surface area contributed by atoms with Crippen LogP contribution < -0.4 is 5.32 Å². The molecule has 1 rings (SSSR count). The van der Waals surface area contributed by atoms with Crippen molar-refractivity contribution in [1.82, 2.24) is 5.32 Å². The molecule has 126 valence electrons. The van der Waals surface area contributed by atoms with E-state index in [-0.39, 0.29) is 18.1 Å². The molecule has 0 aromatic heterocycles. The summed E-state index contributed by atoms with van der Waals surface area (Å²) in [6, 6.07) is 7.95. The second-order valence-corrected chi connectivity index (χ2v) is 6.73. The average molecular weight is 359 g/mol. The maximum absolute atomic E-state index is 11.6. The number of methoxy groups -OCH3 is 1. The predicted octanol–water partition coefficient (Wildman–Crippen LogP) is 1.92. The zero-order chi connectivity index (χ0) is 17.1.